The Balaban J connectivity index is 1.51. The van der Waals surface area contributed by atoms with E-state index >= 15 is 0 Å². The molecule has 0 atom stereocenters. The molecule has 0 aliphatic carbocycles. The van der Waals surface area contributed by atoms with Crippen LogP contribution in [0.15, 0.2) is 71.8 Å². The highest BCUT2D eigenvalue weighted by Crippen LogP contribution is 2.23. The maximum absolute atomic E-state index is 12.8. The second-order valence-corrected chi connectivity index (χ2v) is 9.27. The molecule has 0 unspecified atom stereocenters. The normalized spacial score (nSPS) is 13.8. The zero-order valence-corrected chi connectivity index (χ0v) is 18.2. The molecule has 1 saturated heterocycles. The summed E-state index contributed by atoms with van der Waals surface area (Å²) in [6.07, 6.45) is 4.07. The van der Waals surface area contributed by atoms with Crippen LogP contribution in [0, 0.1) is 0 Å². The highest BCUT2D eigenvalue weighted by atomic mass is 35.5. The molecule has 1 aliphatic rings. The third kappa shape index (κ3) is 4.98. The van der Waals surface area contributed by atoms with Crippen LogP contribution < -0.4 is 14.9 Å². The number of sulfonamides is 1. The molecule has 0 bridgehead atoms. The lowest BCUT2D eigenvalue weighted by Crippen LogP contribution is -2.20. The summed E-state index contributed by atoms with van der Waals surface area (Å²) in [6, 6.07) is 15.9. The van der Waals surface area contributed by atoms with Crippen molar-refractivity contribution in [3.63, 3.8) is 0 Å². The lowest BCUT2D eigenvalue weighted by molar-refractivity contribution is 0.102. The van der Waals surface area contributed by atoms with Crippen molar-refractivity contribution in [2.45, 2.75) is 17.7 Å². The van der Waals surface area contributed by atoms with Gasteiger partial charge in [0.25, 0.3) is 15.9 Å². The number of anilines is 3. The van der Waals surface area contributed by atoms with Crippen molar-refractivity contribution in [1.29, 1.82) is 0 Å². The van der Waals surface area contributed by atoms with E-state index in [0.717, 1.165) is 18.8 Å². The molecule has 4 rings (SSSR count). The van der Waals surface area contributed by atoms with E-state index in [-0.39, 0.29) is 16.1 Å². The highest BCUT2D eigenvalue weighted by molar-refractivity contribution is 7.92. The maximum atomic E-state index is 12.8. The topological polar surface area (TPSA) is 91.4 Å². The Kier molecular flexibility index (Phi) is 6.11. The van der Waals surface area contributed by atoms with Crippen molar-refractivity contribution in [2.75, 3.05) is 28.0 Å². The summed E-state index contributed by atoms with van der Waals surface area (Å²) >= 11 is 5.84. The first kappa shape index (κ1) is 21.1. The minimum Gasteiger partial charge on any atom is -0.370 e. The van der Waals surface area contributed by atoms with E-state index in [4.69, 9.17) is 11.6 Å². The Morgan fingerprint density at radius 3 is 2.35 bits per heavy atom. The van der Waals surface area contributed by atoms with Gasteiger partial charge < -0.3 is 10.2 Å². The minimum atomic E-state index is -3.88. The summed E-state index contributed by atoms with van der Waals surface area (Å²) in [5.41, 5.74) is 1.38. The Labute approximate surface area is 186 Å². The number of aromatic nitrogens is 1. The molecular weight excluding hydrogens is 436 g/mol. The van der Waals surface area contributed by atoms with Crippen LogP contribution in [0.5, 0.6) is 0 Å². The average Bonchev–Trinajstić information content (AvgIpc) is 3.29. The van der Waals surface area contributed by atoms with E-state index in [1.165, 1.54) is 43.2 Å². The van der Waals surface area contributed by atoms with Crippen LogP contribution in [-0.4, -0.2) is 32.4 Å². The molecule has 1 aromatic heterocycles. The number of hydrogen-bond acceptors (Lipinski definition) is 5. The average molecular weight is 457 g/mol. The molecule has 9 heteroatoms. The van der Waals surface area contributed by atoms with Crippen LogP contribution in [-0.2, 0) is 10.0 Å². The molecule has 1 aliphatic heterocycles. The second-order valence-electron chi connectivity index (χ2n) is 7.15. The Bertz CT molecular complexity index is 1180. The van der Waals surface area contributed by atoms with Gasteiger partial charge >= 0.3 is 0 Å². The van der Waals surface area contributed by atoms with Crippen LogP contribution in [0.3, 0.4) is 0 Å². The summed E-state index contributed by atoms with van der Waals surface area (Å²) in [5, 5.41) is 3.16. The monoisotopic (exact) mass is 456 g/mol. The number of amides is 1. The molecule has 1 amide bonds. The third-order valence-electron chi connectivity index (χ3n) is 5.00. The zero-order valence-electron chi connectivity index (χ0n) is 16.6. The second kappa shape index (κ2) is 8.95. The number of rotatable bonds is 6. The first-order valence-corrected chi connectivity index (χ1v) is 11.7. The van der Waals surface area contributed by atoms with E-state index in [9.17, 15) is 13.2 Å². The third-order valence-corrected chi connectivity index (χ3v) is 6.63. The predicted octanol–water partition coefficient (Wildman–Crippen LogP) is 4.39. The molecule has 1 fully saturated rings. The van der Waals surface area contributed by atoms with E-state index < -0.39 is 15.9 Å². The first-order chi connectivity index (χ1) is 14.9. The molecule has 7 nitrogen and oxygen atoms in total. The molecule has 0 saturated carbocycles. The van der Waals surface area contributed by atoms with E-state index in [1.807, 2.05) is 6.07 Å². The van der Waals surface area contributed by atoms with Gasteiger partial charge in [0.2, 0.25) is 0 Å². The molecule has 160 valence electrons. The minimum absolute atomic E-state index is 0.0475. The van der Waals surface area contributed by atoms with Crippen molar-refractivity contribution >= 4 is 44.7 Å². The summed E-state index contributed by atoms with van der Waals surface area (Å²) in [4.78, 5) is 19.5. The lowest BCUT2D eigenvalue weighted by atomic mass is 10.1. The molecule has 0 radical (unpaired) electrons. The number of carbonyl (C=O) groups excluding carboxylic acids is 1. The summed E-state index contributed by atoms with van der Waals surface area (Å²) in [6.45, 7) is 2.02. The van der Waals surface area contributed by atoms with Crippen LogP contribution >= 0.6 is 11.6 Å². The SMILES string of the molecule is O=C(Nc1ccc(N2CCCC2)cn1)c1ccccc1NS(=O)(=O)c1ccc(Cl)cc1. The fourth-order valence-electron chi connectivity index (χ4n) is 3.39. The quantitative estimate of drug-likeness (QED) is 0.574. The Morgan fingerprint density at radius 1 is 0.968 bits per heavy atom. The molecule has 0 spiro atoms. The number of carbonyl (C=O) groups is 1. The molecule has 2 N–H and O–H groups in total. The van der Waals surface area contributed by atoms with E-state index in [1.54, 1.807) is 30.5 Å². The van der Waals surface area contributed by atoms with Crippen molar-refractivity contribution in [1.82, 2.24) is 4.98 Å². The largest absolute Gasteiger partial charge is 0.370 e. The van der Waals surface area contributed by atoms with Crippen LogP contribution in [0.4, 0.5) is 17.2 Å². The van der Waals surface area contributed by atoms with Gasteiger partial charge in [-0.3, -0.25) is 9.52 Å². The predicted molar refractivity (Wildman–Crippen MR) is 122 cm³/mol. The molecular formula is C22H21ClN4O3S. The maximum Gasteiger partial charge on any atom is 0.261 e. The van der Waals surface area contributed by atoms with Gasteiger partial charge in [0.15, 0.2) is 0 Å². The number of halogens is 1. The van der Waals surface area contributed by atoms with Gasteiger partial charge in [0.1, 0.15) is 5.82 Å². The fraction of sp³-hybridized carbons (Fsp3) is 0.182. The molecule has 31 heavy (non-hydrogen) atoms. The summed E-state index contributed by atoms with van der Waals surface area (Å²) in [7, 11) is -3.88. The van der Waals surface area contributed by atoms with Crippen LogP contribution in [0.2, 0.25) is 5.02 Å². The van der Waals surface area contributed by atoms with E-state index in [2.05, 4.69) is 19.9 Å². The number of pyridine rings is 1. The van der Waals surface area contributed by atoms with Gasteiger partial charge in [-0.15, -0.1) is 0 Å². The molecule has 2 aromatic carbocycles. The molecule has 2 heterocycles. The Hall–Kier alpha value is -3.10. The Morgan fingerprint density at radius 2 is 1.68 bits per heavy atom. The van der Waals surface area contributed by atoms with Crippen molar-refractivity contribution < 1.29 is 13.2 Å². The standard InChI is InChI=1S/C22H21ClN4O3S/c23-16-7-10-18(11-8-16)31(29,30)26-20-6-2-1-5-19(20)22(28)25-21-12-9-17(15-24-21)27-13-3-4-14-27/h1-2,5-12,15,26H,3-4,13-14H2,(H,24,25,28). The summed E-state index contributed by atoms with van der Waals surface area (Å²) in [5.74, 6) is -0.0702. The van der Waals surface area contributed by atoms with Gasteiger partial charge in [-0.25, -0.2) is 13.4 Å². The lowest BCUT2D eigenvalue weighted by Gasteiger charge is -2.17. The van der Waals surface area contributed by atoms with Crippen molar-refractivity contribution in [3.8, 4) is 0 Å². The molecule has 3 aromatic rings. The van der Waals surface area contributed by atoms with Gasteiger partial charge in [0.05, 0.1) is 28.0 Å². The van der Waals surface area contributed by atoms with Gasteiger partial charge in [-0.2, -0.15) is 0 Å². The van der Waals surface area contributed by atoms with E-state index in [0.29, 0.717) is 10.8 Å². The van der Waals surface area contributed by atoms with Crippen molar-refractivity contribution in [3.05, 3.63) is 77.4 Å². The fourth-order valence-corrected chi connectivity index (χ4v) is 4.60. The highest BCUT2D eigenvalue weighted by Gasteiger charge is 2.19. The van der Waals surface area contributed by atoms with Crippen LogP contribution in [0.1, 0.15) is 23.2 Å². The smallest absolute Gasteiger partial charge is 0.261 e. The van der Waals surface area contributed by atoms with Gasteiger partial charge in [-0.1, -0.05) is 23.7 Å². The summed E-state index contributed by atoms with van der Waals surface area (Å²) < 4.78 is 27.9. The van der Waals surface area contributed by atoms with Crippen LogP contribution in [0.25, 0.3) is 0 Å². The number of para-hydroxylation sites is 1. The van der Waals surface area contributed by atoms with Gasteiger partial charge in [0, 0.05) is 18.1 Å². The first-order valence-electron chi connectivity index (χ1n) is 9.82. The number of nitrogens with one attached hydrogen (secondary N) is 2. The number of nitrogens with zero attached hydrogens (tertiary/aromatic N) is 2. The number of hydrogen-bond donors (Lipinski definition) is 2. The van der Waals surface area contributed by atoms with Gasteiger partial charge in [-0.05, 0) is 61.4 Å². The number of benzene rings is 2. The van der Waals surface area contributed by atoms with Crippen molar-refractivity contribution in [2.24, 2.45) is 0 Å². The zero-order chi connectivity index (χ0) is 21.8.